The highest BCUT2D eigenvalue weighted by Gasteiger charge is 2.20. The summed E-state index contributed by atoms with van der Waals surface area (Å²) in [6.45, 7) is 6.70. The van der Waals surface area contributed by atoms with Gasteiger partial charge in [-0.2, -0.15) is 0 Å². The van der Waals surface area contributed by atoms with Crippen LogP contribution in [-0.4, -0.2) is 18.6 Å². The van der Waals surface area contributed by atoms with Crippen LogP contribution in [-0.2, 0) is 4.79 Å². The Hall–Kier alpha value is -3.27. The van der Waals surface area contributed by atoms with Crippen molar-refractivity contribution >= 4 is 11.6 Å². The molecule has 0 fully saturated rings. The number of anilines is 1. The molecule has 0 aromatic heterocycles. The van der Waals surface area contributed by atoms with E-state index in [9.17, 15) is 4.79 Å². The smallest absolute Gasteiger partial charge is 0.265 e. The molecule has 4 heteroatoms. The van der Waals surface area contributed by atoms with Crippen molar-refractivity contribution in [1.29, 1.82) is 0 Å². The fourth-order valence-electron chi connectivity index (χ4n) is 3.01. The van der Waals surface area contributed by atoms with E-state index in [1.54, 1.807) is 0 Å². The first-order chi connectivity index (χ1) is 14.6. The predicted octanol–water partition coefficient (Wildman–Crippen LogP) is 6.18. The average Bonchev–Trinajstić information content (AvgIpc) is 2.77. The Kier molecular flexibility index (Phi) is 7.50. The first-order valence-corrected chi connectivity index (χ1v) is 10.4. The molecule has 3 aromatic rings. The van der Waals surface area contributed by atoms with Crippen LogP contribution in [0.5, 0.6) is 11.5 Å². The van der Waals surface area contributed by atoms with Crippen molar-refractivity contribution in [1.82, 2.24) is 0 Å². The maximum absolute atomic E-state index is 12.8. The van der Waals surface area contributed by atoms with E-state index in [1.807, 2.05) is 73.7 Å². The molecule has 0 aliphatic carbocycles. The third-order valence-electron chi connectivity index (χ3n) is 4.62. The van der Waals surface area contributed by atoms with Crippen LogP contribution in [0.3, 0.4) is 0 Å². The van der Waals surface area contributed by atoms with Gasteiger partial charge >= 0.3 is 0 Å². The van der Waals surface area contributed by atoms with Crippen molar-refractivity contribution in [2.75, 3.05) is 11.9 Å². The monoisotopic (exact) mass is 403 g/mol. The lowest BCUT2D eigenvalue weighted by molar-refractivity contribution is -0.122. The summed E-state index contributed by atoms with van der Waals surface area (Å²) in [5, 5.41) is 2.95. The minimum absolute atomic E-state index is 0.190. The summed E-state index contributed by atoms with van der Waals surface area (Å²) in [7, 11) is 0. The summed E-state index contributed by atoms with van der Waals surface area (Å²) in [6, 6.07) is 25.4. The maximum atomic E-state index is 12.8. The van der Waals surface area contributed by atoms with Crippen molar-refractivity contribution in [2.24, 2.45) is 5.92 Å². The molecule has 0 radical (unpaired) electrons. The van der Waals surface area contributed by atoms with Gasteiger partial charge in [0.05, 0.1) is 12.3 Å². The molecule has 0 saturated carbocycles. The van der Waals surface area contributed by atoms with Gasteiger partial charge < -0.3 is 14.8 Å². The molecule has 0 heterocycles. The van der Waals surface area contributed by atoms with Gasteiger partial charge in [0.15, 0.2) is 6.10 Å². The Morgan fingerprint density at radius 3 is 2.17 bits per heavy atom. The third kappa shape index (κ3) is 5.86. The lowest BCUT2D eigenvalue weighted by atomic mass is 10.1. The zero-order valence-electron chi connectivity index (χ0n) is 17.8. The van der Waals surface area contributed by atoms with Crippen LogP contribution >= 0.6 is 0 Å². The fourth-order valence-corrected chi connectivity index (χ4v) is 3.01. The van der Waals surface area contributed by atoms with Gasteiger partial charge in [-0.25, -0.2) is 0 Å². The van der Waals surface area contributed by atoms with Gasteiger partial charge in [-0.05, 0) is 47.7 Å². The highest BCUT2D eigenvalue weighted by molar-refractivity contribution is 5.95. The number of rotatable bonds is 9. The predicted molar refractivity (Wildman–Crippen MR) is 122 cm³/mol. The van der Waals surface area contributed by atoms with Crippen LogP contribution in [0, 0.1) is 5.92 Å². The van der Waals surface area contributed by atoms with Crippen molar-refractivity contribution in [2.45, 2.75) is 33.3 Å². The minimum Gasteiger partial charge on any atom is -0.491 e. The molecule has 3 rings (SSSR count). The second kappa shape index (κ2) is 10.5. The Morgan fingerprint density at radius 1 is 0.867 bits per heavy atom. The number of hydrogen-bond acceptors (Lipinski definition) is 3. The number of nitrogens with one attached hydrogen (secondary N) is 1. The number of benzene rings is 3. The van der Waals surface area contributed by atoms with E-state index < -0.39 is 6.10 Å². The summed E-state index contributed by atoms with van der Waals surface area (Å²) >= 11 is 0. The van der Waals surface area contributed by atoms with Crippen LogP contribution < -0.4 is 14.8 Å². The third-order valence-corrected chi connectivity index (χ3v) is 4.62. The van der Waals surface area contributed by atoms with E-state index >= 15 is 0 Å². The maximum Gasteiger partial charge on any atom is 0.265 e. The van der Waals surface area contributed by atoms with Crippen molar-refractivity contribution in [3.8, 4) is 22.6 Å². The van der Waals surface area contributed by atoms with Crippen molar-refractivity contribution in [3.63, 3.8) is 0 Å². The fraction of sp³-hybridized carbons (Fsp3) is 0.269. The zero-order chi connectivity index (χ0) is 21.3. The Balaban J connectivity index is 1.66. The lowest BCUT2D eigenvalue weighted by Gasteiger charge is -2.19. The minimum atomic E-state index is -0.592. The van der Waals surface area contributed by atoms with Crippen LogP contribution in [0.1, 0.15) is 27.2 Å². The number of carbonyl (C=O) groups excluding carboxylic acids is 1. The molecule has 1 unspecified atom stereocenters. The summed E-state index contributed by atoms with van der Waals surface area (Å²) in [5.74, 6) is 1.55. The van der Waals surface area contributed by atoms with Gasteiger partial charge in [0.1, 0.15) is 11.5 Å². The van der Waals surface area contributed by atoms with Crippen molar-refractivity contribution in [3.05, 3.63) is 78.9 Å². The number of amides is 1. The molecule has 0 aliphatic heterocycles. The average molecular weight is 404 g/mol. The van der Waals surface area contributed by atoms with Crippen LogP contribution in [0.4, 0.5) is 5.69 Å². The molecule has 30 heavy (non-hydrogen) atoms. The highest BCUT2D eigenvalue weighted by atomic mass is 16.5. The summed E-state index contributed by atoms with van der Waals surface area (Å²) in [6.07, 6.45) is -0.0351. The van der Waals surface area contributed by atoms with Gasteiger partial charge in [0.2, 0.25) is 0 Å². The molecule has 1 N–H and O–H groups in total. The molecule has 1 amide bonds. The number of para-hydroxylation sites is 2. The number of ether oxygens (including phenoxy) is 2. The van der Waals surface area contributed by atoms with Crippen LogP contribution in [0.25, 0.3) is 11.1 Å². The normalized spacial score (nSPS) is 11.7. The molecule has 3 aromatic carbocycles. The molecular weight excluding hydrogens is 374 g/mol. The summed E-state index contributed by atoms with van der Waals surface area (Å²) in [4.78, 5) is 12.8. The van der Waals surface area contributed by atoms with E-state index in [2.05, 4.69) is 31.3 Å². The van der Waals surface area contributed by atoms with E-state index in [-0.39, 0.29) is 5.91 Å². The number of hydrogen-bond donors (Lipinski definition) is 1. The second-order valence-electron chi connectivity index (χ2n) is 7.60. The van der Waals surface area contributed by atoms with Gasteiger partial charge in [0.25, 0.3) is 5.91 Å². The second-order valence-corrected chi connectivity index (χ2v) is 7.60. The standard InChI is InChI=1S/C26H29NO3/c1-4-24(26(28)27-23-12-8-9-13-25(23)29-18-19(2)3)30-22-16-14-21(15-17-22)20-10-6-5-7-11-20/h5-17,19,24H,4,18H2,1-3H3,(H,27,28). The van der Waals surface area contributed by atoms with Gasteiger partial charge in [-0.15, -0.1) is 0 Å². The first-order valence-electron chi connectivity index (χ1n) is 10.4. The Bertz CT molecular complexity index is 936. The summed E-state index contributed by atoms with van der Waals surface area (Å²) < 4.78 is 11.8. The van der Waals surface area contributed by atoms with Crippen molar-refractivity contribution < 1.29 is 14.3 Å². The summed E-state index contributed by atoms with van der Waals surface area (Å²) in [5.41, 5.74) is 2.91. The molecule has 156 valence electrons. The molecule has 4 nitrogen and oxygen atoms in total. The van der Waals surface area contributed by atoms with E-state index in [1.165, 1.54) is 0 Å². The highest BCUT2D eigenvalue weighted by Crippen LogP contribution is 2.26. The topological polar surface area (TPSA) is 47.6 Å². The SMILES string of the molecule is CCC(Oc1ccc(-c2ccccc2)cc1)C(=O)Nc1ccccc1OCC(C)C. The molecule has 0 spiro atoms. The molecular formula is C26H29NO3. The van der Waals surface area contributed by atoms with E-state index in [0.29, 0.717) is 36.1 Å². The van der Waals surface area contributed by atoms with Gasteiger partial charge in [0, 0.05) is 0 Å². The van der Waals surface area contributed by atoms with Gasteiger partial charge in [-0.3, -0.25) is 4.79 Å². The quantitative estimate of drug-likeness (QED) is 0.464. The molecule has 0 bridgehead atoms. The van der Waals surface area contributed by atoms with Gasteiger partial charge in [-0.1, -0.05) is 75.4 Å². The molecule has 0 saturated heterocycles. The van der Waals surface area contributed by atoms with Crippen LogP contribution in [0.15, 0.2) is 78.9 Å². The van der Waals surface area contributed by atoms with Crippen LogP contribution in [0.2, 0.25) is 0 Å². The Morgan fingerprint density at radius 2 is 1.50 bits per heavy atom. The Labute approximate surface area is 178 Å². The lowest BCUT2D eigenvalue weighted by Crippen LogP contribution is -2.32. The van der Waals surface area contributed by atoms with E-state index in [4.69, 9.17) is 9.47 Å². The number of carbonyl (C=O) groups is 1. The first kappa shape index (κ1) is 21.4. The largest absolute Gasteiger partial charge is 0.491 e. The van der Waals surface area contributed by atoms with E-state index in [0.717, 1.165) is 11.1 Å². The molecule has 0 aliphatic rings. The zero-order valence-corrected chi connectivity index (χ0v) is 17.8. The molecule has 1 atom stereocenters.